The van der Waals surface area contributed by atoms with E-state index in [1.54, 1.807) is 24.3 Å². The van der Waals surface area contributed by atoms with Gasteiger partial charge in [-0.2, -0.15) is 0 Å². The van der Waals surface area contributed by atoms with E-state index in [2.05, 4.69) is 0 Å². The summed E-state index contributed by atoms with van der Waals surface area (Å²) >= 11 is 1.10. The Morgan fingerprint density at radius 3 is 2.67 bits per heavy atom. The highest BCUT2D eigenvalue weighted by molar-refractivity contribution is 7.99. The maximum Gasteiger partial charge on any atom is 0.142 e. The summed E-state index contributed by atoms with van der Waals surface area (Å²) in [5.74, 6) is -0.537. The number of hydrogen-bond donors (Lipinski definition) is 2. The molecule has 0 amide bonds. The number of hydrogen-bond acceptors (Lipinski definition) is 4. The number of rotatable bonds is 6. The molecule has 0 radical (unpaired) electrons. The van der Waals surface area contributed by atoms with Gasteiger partial charge in [-0.05, 0) is 24.3 Å². The Morgan fingerprint density at radius 1 is 1.19 bits per heavy atom. The van der Waals surface area contributed by atoms with Gasteiger partial charge in [-0.15, -0.1) is 11.8 Å². The lowest BCUT2D eigenvalue weighted by molar-refractivity contribution is 0.127. The number of para-hydroxylation sites is 2. The lowest BCUT2D eigenvalue weighted by Gasteiger charge is -2.13. The van der Waals surface area contributed by atoms with Crippen LogP contribution in [0.3, 0.4) is 0 Å². The molecule has 0 bridgehead atoms. The van der Waals surface area contributed by atoms with E-state index in [-0.39, 0.29) is 17.3 Å². The second-order valence-corrected chi connectivity index (χ2v) is 5.45. The highest BCUT2D eigenvalue weighted by Gasteiger charge is 2.10. The molecule has 3 N–H and O–H groups in total. The second-order valence-electron chi connectivity index (χ2n) is 4.39. The number of aliphatic hydroxyl groups is 1. The van der Waals surface area contributed by atoms with Gasteiger partial charge >= 0.3 is 0 Å². The number of nitrogen functional groups attached to an aromatic ring is 1. The fourth-order valence-corrected chi connectivity index (χ4v) is 2.45. The van der Waals surface area contributed by atoms with Gasteiger partial charge in [-0.25, -0.2) is 8.78 Å². The summed E-state index contributed by atoms with van der Waals surface area (Å²) < 4.78 is 31.6. The van der Waals surface area contributed by atoms with Gasteiger partial charge in [0.2, 0.25) is 0 Å². The van der Waals surface area contributed by atoms with Gasteiger partial charge in [0, 0.05) is 16.7 Å². The van der Waals surface area contributed by atoms with E-state index in [0.717, 1.165) is 17.8 Å². The fourth-order valence-electron chi connectivity index (χ4n) is 1.62. The third-order valence-electron chi connectivity index (χ3n) is 2.68. The van der Waals surface area contributed by atoms with Crippen LogP contribution < -0.4 is 10.5 Å². The lowest BCUT2D eigenvalue weighted by Crippen LogP contribution is -2.20. The van der Waals surface area contributed by atoms with Crippen LogP contribution in [0.4, 0.5) is 14.5 Å². The van der Waals surface area contributed by atoms with Crippen LogP contribution in [0, 0.1) is 11.6 Å². The zero-order valence-corrected chi connectivity index (χ0v) is 11.9. The Bertz CT molecular complexity index is 610. The first-order valence-corrected chi connectivity index (χ1v) is 7.28. The fraction of sp³-hybridized carbons (Fsp3) is 0.200. The van der Waals surface area contributed by atoms with Crippen LogP contribution in [0.1, 0.15) is 0 Å². The number of ether oxygens (including phenoxy) is 1. The molecule has 21 heavy (non-hydrogen) atoms. The first kappa shape index (κ1) is 15.6. The normalized spacial score (nSPS) is 12.1. The minimum Gasteiger partial charge on any atom is -0.489 e. The smallest absolute Gasteiger partial charge is 0.142 e. The van der Waals surface area contributed by atoms with Crippen molar-refractivity contribution in [2.24, 2.45) is 0 Å². The molecule has 112 valence electrons. The van der Waals surface area contributed by atoms with Crippen LogP contribution in [-0.4, -0.2) is 23.6 Å². The molecule has 0 saturated carbocycles. The summed E-state index contributed by atoms with van der Waals surface area (Å²) in [5.41, 5.74) is 6.20. The number of halogens is 2. The van der Waals surface area contributed by atoms with Gasteiger partial charge in [-0.3, -0.25) is 0 Å². The van der Waals surface area contributed by atoms with Crippen molar-refractivity contribution < 1.29 is 18.6 Å². The van der Waals surface area contributed by atoms with Crippen molar-refractivity contribution in [2.75, 3.05) is 18.1 Å². The number of anilines is 1. The molecular formula is C15H15F2NO2S. The van der Waals surface area contributed by atoms with E-state index >= 15 is 0 Å². The Hall–Kier alpha value is -1.79. The molecule has 0 aromatic heterocycles. The molecule has 0 aliphatic heterocycles. The van der Waals surface area contributed by atoms with Gasteiger partial charge in [0.05, 0.1) is 11.8 Å². The van der Waals surface area contributed by atoms with Gasteiger partial charge in [0.25, 0.3) is 0 Å². The molecule has 2 aromatic carbocycles. The number of nitrogens with two attached hydrogens (primary N) is 1. The molecule has 0 aliphatic carbocycles. The molecule has 6 heteroatoms. The zero-order chi connectivity index (χ0) is 15.2. The number of benzene rings is 2. The van der Waals surface area contributed by atoms with Crippen molar-refractivity contribution in [3.8, 4) is 5.75 Å². The third kappa shape index (κ3) is 4.61. The van der Waals surface area contributed by atoms with Gasteiger partial charge in [-0.1, -0.05) is 12.1 Å². The standard InChI is InChI=1S/C15H15F2NO2S/c16-10-5-6-15(12(17)7-10)21-9-11(19)8-20-14-4-2-1-3-13(14)18/h1-7,11,19H,8-9,18H2. The van der Waals surface area contributed by atoms with E-state index in [1.165, 1.54) is 12.1 Å². The van der Waals surface area contributed by atoms with Crippen molar-refractivity contribution in [1.29, 1.82) is 0 Å². The monoisotopic (exact) mass is 311 g/mol. The summed E-state index contributed by atoms with van der Waals surface area (Å²) in [5, 5.41) is 9.83. The van der Waals surface area contributed by atoms with Crippen LogP contribution in [0.15, 0.2) is 47.4 Å². The van der Waals surface area contributed by atoms with E-state index in [1.807, 2.05) is 0 Å². The summed E-state index contributed by atoms with van der Waals surface area (Å²) in [6.07, 6.45) is -0.793. The van der Waals surface area contributed by atoms with Gasteiger partial charge in [0.1, 0.15) is 24.0 Å². The molecule has 1 atom stereocenters. The minimum atomic E-state index is -0.793. The Morgan fingerprint density at radius 2 is 1.95 bits per heavy atom. The molecule has 0 fully saturated rings. The van der Waals surface area contributed by atoms with Crippen molar-refractivity contribution in [3.05, 3.63) is 54.1 Å². The average Bonchev–Trinajstić information content (AvgIpc) is 2.45. The Labute approximate surface area is 125 Å². The maximum absolute atomic E-state index is 13.4. The van der Waals surface area contributed by atoms with Crippen molar-refractivity contribution >= 4 is 17.4 Å². The average molecular weight is 311 g/mol. The highest BCUT2D eigenvalue weighted by Crippen LogP contribution is 2.24. The zero-order valence-electron chi connectivity index (χ0n) is 11.1. The van der Waals surface area contributed by atoms with E-state index in [4.69, 9.17) is 10.5 Å². The molecule has 0 saturated heterocycles. The largest absolute Gasteiger partial charge is 0.489 e. The molecule has 0 heterocycles. The molecule has 2 rings (SSSR count). The lowest BCUT2D eigenvalue weighted by atomic mass is 10.3. The highest BCUT2D eigenvalue weighted by atomic mass is 32.2. The van der Waals surface area contributed by atoms with Crippen LogP contribution in [0.5, 0.6) is 5.75 Å². The Balaban J connectivity index is 1.82. The van der Waals surface area contributed by atoms with Crippen LogP contribution in [0.2, 0.25) is 0 Å². The summed E-state index contributed by atoms with van der Waals surface area (Å²) in [6, 6.07) is 10.3. The van der Waals surface area contributed by atoms with Crippen molar-refractivity contribution in [3.63, 3.8) is 0 Å². The third-order valence-corrected chi connectivity index (χ3v) is 3.87. The predicted molar refractivity (Wildman–Crippen MR) is 79.4 cm³/mol. The SMILES string of the molecule is Nc1ccccc1OCC(O)CSc1ccc(F)cc1F. The first-order chi connectivity index (χ1) is 10.1. The quantitative estimate of drug-likeness (QED) is 0.636. The van der Waals surface area contributed by atoms with Crippen LogP contribution in [0.25, 0.3) is 0 Å². The summed E-state index contributed by atoms with van der Waals surface area (Å²) in [7, 11) is 0. The summed E-state index contributed by atoms with van der Waals surface area (Å²) in [6.45, 7) is 0.0457. The van der Waals surface area contributed by atoms with Crippen molar-refractivity contribution in [1.82, 2.24) is 0 Å². The second kappa shape index (κ2) is 7.28. The molecule has 0 aliphatic rings. The summed E-state index contributed by atoms with van der Waals surface area (Å²) in [4.78, 5) is 0.287. The maximum atomic E-state index is 13.4. The first-order valence-electron chi connectivity index (χ1n) is 6.29. The van der Waals surface area contributed by atoms with Crippen molar-refractivity contribution in [2.45, 2.75) is 11.0 Å². The van der Waals surface area contributed by atoms with Gasteiger partial charge in [0.15, 0.2) is 0 Å². The van der Waals surface area contributed by atoms with Crippen LogP contribution in [-0.2, 0) is 0 Å². The molecule has 1 unspecified atom stereocenters. The molecule has 2 aromatic rings. The minimum absolute atomic E-state index is 0.0457. The number of thioether (sulfide) groups is 1. The van der Waals surface area contributed by atoms with Crippen LogP contribution >= 0.6 is 11.8 Å². The topological polar surface area (TPSA) is 55.5 Å². The molecule has 3 nitrogen and oxygen atoms in total. The molecule has 0 spiro atoms. The van der Waals surface area contributed by atoms with E-state index in [9.17, 15) is 13.9 Å². The number of aliphatic hydroxyl groups excluding tert-OH is 1. The van der Waals surface area contributed by atoms with E-state index in [0.29, 0.717) is 11.4 Å². The van der Waals surface area contributed by atoms with E-state index < -0.39 is 17.7 Å². The Kier molecular flexibility index (Phi) is 5.41. The van der Waals surface area contributed by atoms with Gasteiger partial charge < -0.3 is 15.6 Å². The molecular weight excluding hydrogens is 296 g/mol. The predicted octanol–water partition coefficient (Wildman–Crippen LogP) is 3.08.